The van der Waals surface area contributed by atoms with Crippen LogP contribution in [0.15, 0.2) is 125 Å². The maximum atomic E-state index is 14.1. The number of fused-ring (bicyclic) bond motifs is 1. The molecule has 1 atom stereocenters. The molecule has 0 saturated heterocycles. The van der Waals surface area contributed by atoms with E-state index < -0.39 is 12.0 Å². The van der Waals surface area contributed by atoms with Crippen LogP contribution in [0.25, 0.3) is 11.8 Å². The number of carbonyl (C=O) groups is 1. The number of ether oxygens (including phenoxy) is 3. The van der Waals surface area contributed by atoms with Crippen LogP contribution in [0.5, 0.6) is 11.5 Å². The van der Waals surface area contributed by atoms with E-state index in [0.717, 1.165) is 22.3 Å². The molecule has 0 unspecified atom stereocenters. The Bertz CT molecular complexity index is 2000. The molecule has 1 aliphatic rings. The Hall–Kier alpha value is -5.21. The fourth-order valence-corrected chi connectivity index (χ4v) is 6.13. The summed E-state index contributed by atoms with van der Waals surface area (Å²) in [6.07, 6.45) is 1.83. The number of carbonyl (C=O) groups excluding carboxylic acids is 1. The molecule has 1 aliphatic heterocycles. The van der Waals surface area contributed by atoms with Crippen molar-refractivity contribution in [3.8, 4) is 11.5 Å². The van der Waals surface area contributed by atoms with Gasteiger partial charge >= 0.3 is 5.97 Å². The number of methoxy groups -OCH3 is 1. The number of esters is 1. The van der Waals surface area contributed by atoms with Crippen LogP contribution in [0.1, 0.15) is 35.2 Å². The van der Waals surface area contributed by atoms with E-state index in [0.29, 0.717) is 38.7 Å². The summed E-state index contributed by atoms with van der Waals surface area (Å²) in [4.78, 5) is 33.1. The van der Waals surface area contributed by atoms with E-state index in [1.807, 2.05) is 115 Å². The molecule has 220 valence electrons. The molecule has 0 radical (unpaired) electrons. The van der Waals surface area contributed by atoms with Gasteiger partial charge in [0, 0.05) is 5.56 Å². The smallest absolute Gasteiger partial charge is 0.338 e. The molecule has 0 aliphatic carbocycles. The topological polar surface area (TPSA) is 79.1 Å². The van der Waals surface area contributed by atoms with E-state index in [-0.39, 0.29) is 12.2 Å². The van der Waals surface area contributed by atoms with Gasteiger partial charge in [0.25, 0.3) is 5.56 Å². The molecule has 8 heteroatoms. The lowest BCUT2D eigenvalue weighted by molar-refractivity contribution is -0.138. The highest BCUT2D eigenvalue weighted by Crippen LogP contribution is 2.35. The predicted molar refractivity (Wildman–Crippen MR) is 171 cm³/mol. The molecule has 0 bridgehead atoms. The summed E-state index contributed by atoms with van der Waals surface area (Å²) in [6, 6.07) is 33.7. The Morgan fingerprint density at radius 2 is 1.64 bits per heavy atom. The molecule has 0 fully saturated rings. The van der Waals surface area contributed by atoms with Crippen LogP contribution in [0.2, 0.25) is 0 Å². The normalized spacial score (nSPS) is 14.5. The molecular weight excluding hydrogens is 572 g/mol. The number of hydrogen-bond donors (Lipinski definition) is 0. The largest absolute Gasteiger partial charge is 0.497 e. The van der Waals surface area contributed by atoms with Gasteiger partial charge in [-0.1, -0.05) is 96.3 Å². The quantitative estimate of drug-likeness (QED) is 0.208. The standard InChI is InChI=1S/C36H30N2O5S/c1-3-42-35(40)31-32(26-14-8-5-9-15-26)37-36-38(33(31)27-17-19-28(41-2)20-18-27)34(39)30(44-36)22-25-13-10-16-29(21-25)43-23-24-11-6-4-7-12-24/h4-22,33H,3,23H2,1-2H3/b30-22+/t33-/m0/s1. The molecule has 44 heavy (non-hydrogen) atoms. The molecule has 4 aromatic carbocycles. The molecule has 0 N–H and O–H groups in total. The number of rotatable bonds is 9. The number of nitrogens with zero attached hydrogens (tertiary/aromatic N) is 2. The van der Waals surface area contributed by atoms with Crippen molar-refractivity contribution in [1.29, 1.82) is 0 Å². The summed E-state index contributed by atoms with van der Waals surface area (Å²) in [5.41, 5.74) is 3.91. The highest BCUT2D eigenvalue weighted by atomic mass is 32.1. The molecule has 0 amide bonds. The minimum absolute atomic E-state index is 0.187. The summed E-state index contributed by atoms with van der Waals surface area (Å²) in [6.45, 7) is 2.38. The Morgan fingerprint density at radius 1 is 0.909 bits per heavy atom. The second kappa shape index (κ2) is 13.0. The van der Waals surface area contributed by atoms with Crippen molar-refractivity contribution in [3.63, 3.8) is 0 Å². The van der Waals surface area contributed by atoms with Crippen molar-refractivity contribution in [1.82, 2.24) is 4.57 Å². The summed E-state index contributed by atoms with van der Waals surface area (Å²) >= 11 is 1.28. The molecular formula is C36H30N2O5S. The van der Waals surface area contributed by atoms with E-state index in [1.54, 1.807) is 18.6 Å². The van der Waals surface area contributed by atoms with Crippen molar-refractivity contribution in [2.75, 3.05) is 13.7 Å². The summed E-state index contributed by atoms with van der Waals surface area (Å²) in [7, 11) is 1.59. The van der Waals surface area contributed by atoms with Gasteiger partial charge in [-0.2, -0.15) is 0 Å². The fraction of sp³-hybridized carbons (Fsp3) is 0.139. The predicted octanol–water partition coefficient (Wildman–Crippen LogP) is 5.52. The highest BCUT2D eigenvalue weighted by Gasteiger charge is 2.35. The maximum absolute atomic E-state index is 14.1. The molecule has 6 rings (SSSR count). The zero-order valence-corrected chi connectivity index (χ0v) is 25.1. The molecule has 0 saturated carbocycles. The van der Waals surface area contributed by atoms with Gasteiger partial charge in [-0.05, 0) is 54.0 Å². The van der Waals surface area contributed by atoms with E-state index in [1.165, 1.54) is 11.3 Å². The summed E-state index contributed by atoms with van der Waals surface area (Å²) < 4.78 is 19.0. The first-order chi connectivity index (χ1) is 21.6. The van der Waals surface area contributed by atoms with E-state index in [9.17, 15) is 9.59 Å². The third-order valence-electron chi connectivity index (χ3n) is 7.21. The minimum atomic E-state index is -0.755. The van der Waals surface area contributed by atoms with Crippen LogP contribution in [0, 0.1) is 0 Å². The monoisotopic (exact) mass is 602 g/mol. The SMILES string of the molecule is CCOC(=O)C1=C(c2ccccc2)N=c2s/c(=C/c3cccc(OCc4ccccc4)c3)c(=O)n2[C@H]1c1ccc(OC)cc1. The lowest BCUT2D eigenvalue weighted by atomic mass is 9.93. The maximum Gasteiger partial charge on any atom is 0.338 e. The molecule has 2 heterocycles. The van der Waals surface area contributed by atoms with Crippen molar-refractivity contribution < 1.29 is 19.0 Å². The summed E-state index contributed by atoms with van der Waals surface area (Å²) in [5, 5.41) is 0. The van der Waals surface area contributed by atoms with E-state index >= 15 is 0 Å². The first kappa shape index (κ1) is 28.9. The van der Waals surface area contributed by atoms with Crippen LogP contribution < -0.4 is 24.4 Å². The zero-order valence-electron chi connectivity index (χ0n) is 24.3. The Balaban J connectivity index is 1.49. The average Bonchev–Trinajstić information content (AvgIpc) is 3.38. The Labute approximate surface area is 258 Å². The van der Waals surface area contributed by atoms with Gasteiger partial charge < -0.3 is 14.2 Å². The Morgan fingerprint density at radius 3 is 2.34 bits per heavy atom. The van der Waals surface area contributed by atoms with Gasteiger partial charge in [-0.25, -0.2) is 9.79 Å². The van der Waals surface area contributed by atoms with Gasteiger partial charge in [0.1, 0.15) is 18.1 Å². The third kappa shape index (κ3) is 5.98. The second-order valence-corrected chi connectivity index (χ2v) is 11.1. The highest BCUT2D eigenvalue weighted by molar-refractivity contribution is 7.07. The van der Waals surface area contributed by atoms with Gasteiger partial charge in [-0.15, -0.1) is 0 Å². The molecule has 1 aromatic heterocycles. The average molecular weight is 603 g/mol. The third-order valence-corrected chi connectivity index (χ3v) is 8.19. The molecule has 7 nitrogen and oxygen atoms in total. The lowest BCUT2D eigenvalue weighted by Gasteiger charge is -2.26. The van der Waals surface area contributed by atoms with Crippen LogP contribution in [-0.4, -0.2) is 24.3 Å². The fourth-order valence-electron chi connectivity index (χ4n) is 5.13. The van der Waals surface area contributed by atoms with Gasteiger partial charge in [-0.3, -0.25) is 9.36 Å². The number of benzene rings is 4. The van der Waals surface area contributed by atoms with Crippen molar-refractivity contribution >= 4 is 29.1 Å². The van der Waals surface area contributed by atoms with Gasteiger partial charge in [0.15, 0.2) is 4.80 Å². The number of hydrogen-bond acceptors (Lipinski definition) is 7. The van der Waals surface area contributed by atoms with Crippen molar-refractivity contribution in [3.05, 3.63) is 157 Å². The molecule has 0 spiro atoms. The zero-order chi connectivity index (χ0) is 30.5. The van der Waals surface area contributed by atoms with Crippen molar-refractivity contribution in [2.24, 2.45) is 4.99 Å². The molecule has 5 aromatic rings. The van der Waals surface area contributed by atoms with Gasteiger partial charge in [0.05, 0.1) is 35.6 Å². The van der Waals surface area contributed by atoms with Crippen LogP contribution in [0.4, 0.5) is 0 Å². The van der Waals surface area contributed by atoms with Crippen LogP contribution >= 0.6 is 11.3 Å². The van der Waals surface area contributed by atoms with E-state index in [4.69, 9.17) is 19.2 Å². The first-order valence-electron chi connectivity index (χ1n) is 14.2. The summed E-state index contributed by atoms with van der Waals surface area (Å²) in [5.74, 6) is 0.844. The second-order valence-electron chi connectivity index (χ2n) is 10.1. The van der Waals surface area contributed by atoms with Crippen LogP contribution in [-0.2, 0) is 16.1 Å². The van der Waals surface area contributed by atoms with Gasteiger partial charge in [0.2, 0.25) is 0 Å². The number of thiazole rings is 1. The first-order valence-corrected chi connectivity index (χ1v) is 15.1. The Kier molecular flexibility index (Phi) is 8.52. The van der Waals surface area contributed by atoms with Crippen LogP contribution in [0.3, 0.4) is 0 Å². The van der Waals surface area contributed by atoms with Crippen molar-refractivity contribution in [2.45, 2.75) is 19.6 Å². The number of aromatic nitrogens is 1. The minimum Gasteiger partial charge on any atom is -0.497 e. The lowest BCUT2D eigenvalue weighted by Crippen LogP contribution is -2.40. The van der Waals surface area contributed by atoms with E-state index in [2.05, 4.69) is 0 Å².